The number of aliphatic hydroxyl groups is 1. The molecular formula is C22H33NO3. The second-order valence-electron chi connectivity index (χ2n) is 10.1. The van der Waals surface area contributed by atoms with Crippen LogP contribution in [0.2, 0.25) is 0 Å². The molecule has 4 rings (SSSR count). The van der Waals surface area contributed by atoms with Crippen LogP contribution in [0.15, 0.2) is 0 Å². The van der Waals surface area contributed by atoms with Crippen LogP contribution in [0.25, 0.3) is 0 Å². The smallest absolute Gasteiger partial charge is 0.302 e. The highest BCUT2D eigenvalue weighted by Gasteiger charge is 2.63. The van der Waals surface area contributed by atoms with Crippen molar-refractivity contribution in [3.05, 3.63) is 0 Å². The molecule has 4 heteroatoms. The summed E-state index contributed by atoms with van der Waals surface area (Å²) in [5.74, 6) is 1.95. The number of ether oxygens (including phenoxy) is 1. The van der Waals surface area contributed by atoms with Crippen LogP contribution < -0.4 is 0 Å². The third-order valence-electron chi connectivity index (χ3n) is 9.03. The Kier molecular flexibility index (Phi) is 4.38. The van der Waals surface area contributed by atoms with E-state index in [1.807, 2.05) is 0 Å². The minimum absolute atomic E-state index is 0.00648. The molecule has 26 heavy (non-hydrogen) atoms. The number of aliphatic hydroxyl groups excluding tert-OH is 1. The minimum Gasteiger partial charge on any atom is -0.463 e. The van der Waals surface area contributed by atoms with Crippen molar-refractivity contribution >= 4 is 5.97 Å². The summed E-state index contributed by atoms with van der Waals surface area (Å²) in [5.41, 5.74) is 0.137. The highest BCUT2D eigenvalue weighted by molar-refractivity contribution is 5.66. The normalized spacial score (nSPS) is 53.0. The van der Waals surface area contributed by atoms with E-state index in [-0.39, 0.29) is 34.9 Å². The van der Waals surface area contributed by atoms with E-state index in [4.69, 9.17) is 4.74 Å². The van der Waals surface area contributed by atoms with Crippen molar-refractivity contribution in [3.63, 3.8) is 0 Å². The molecule has 0 bridgehead atoms. The number of carbonyl (C=O) groups excluding carboxylic acids is 1. The third-order valence-corrected chi connectivity index (χ3v) is 9.03. The molecule has 144 valence electrons. The van der Waals surface area contributed by atoms with Crippen molar-refractivity contribution in [2.45, 2.75) is 84.3 Å². The average molecular weight is 360 g/mol. The molecule has 0 spiro atoms. The van der Waals surface area contributed by atoms with E-state index in [9.17, 15) is 15.2 Å². The molecule has 1 N–H and O–H groups in total. The summed E-state index contributed by atoms with van der Waals surface area (Å²) in [6.07, 6.45) is 7.95. The van der Waals surface area contributed by atoms with Crippen LogP contribution in [0, 0.1) is 51.8 Å². The van der Waals surface area contributed by atoms with Gasteiger partial charge in [-0.2, -0.15) is 5.26 Å². The van der Waals surface area contributed by atoms with Gasteiger partial charge in [-0.05, 0) is 85.9 Å². The summed E-state index contributed by atoms with van der Waals surface area (Å²) in [6.45, 7) is 6.16. The Morgan fingerprint density at radius 2 is 1.92 bits per heavy atom. The average Bonchev–Trinajstić information content (AvgIpc) is 2.90. The SMILES string of the molecule is CC(=O)O[C@@H]1CC[C@@]2(C)[C@@H](CC[C@@H]3[C@@H]2[C@@H](O)C[C@]2(C)[C@@H](C#N)CC[C@@H]32)C1. The Hall–Kier alpha value is -1.08. The van der Waals surface area contributed by atoms with Crippen molar-refractivity contribution in [1.82, 2.24) is 0 Å². The molecule has 0 radical (unpaired) electrons. The first kappa shape index (κ1) is 18.3. The van der Waals surface area contributed by atoms with Crippen molar-refractivity contribution in [3.8, 4) is 6.07 Å². The quantitative estimate of drug-likeness (QED) is 0.716. The van der Waals surface area contributed by atoms with Gasteiger partial charge in [0, 0.05) is 6.92 Å². The van der Waals surface area contributed by atoms with Gasteiger partial charge in [0.25, 0.3) is 0 Å². The van der Waals surface area contributed by atoms with E-state index in [1.54, 1.807) is 0 Å². The Morgan fingerprint density at radius 1 is 1.15 bits per heavy atom. The summed E-state index contributed by atoms with van der Waals surface area (Å²) in [7, 11) is 0. The number of hydrogen-bond acceptors (Lipinski definition) is 4. The molecule has 0 aromatic heterocycles. The van der Waals surface area contributed by atoms with Crippen molar-refractivity contribution in [2.75, 3.05) is 0 Å². The summed E-state index contributed by atoms with van der Waals surface area (Å²) in [6, 6.07) is 2.55. The lowest BCUT2D eigenvalue weighted by atomic mass is 9.44. The molecule has 0 aromatic rings. The van der Waals surface area contributed by atoms with Gasteiger partial charge in [0.2, 0.25) is 0 Å². The fourth-order valence-corrected chi connectivity index (χ4v) is 7.90. The predicted octanol–water partition coefficient (Wildman–Crippen LogP) is 4.07. The standard InChI is InChI=1S/C22H33NO3/c1-13(24)26-16-8-9-21(2)14(10-16)4-6-17-18-7-5-15(12-23)22(18,3)11-19(25)20(17)21/h14-20,25H,4-11H2,1-3H3/t14-,15+,16+,17-,18-,19-,20+,21-,22+/m0/s1. The Bertz CT molecular complexity index is 627. The van der Waals surface area contributed by atoms with Crippen LogP contribution >= 0.6 is 0 Å². The predicted molar refractivity (Wildman–Crippen MR) is 97.8 cm³/mol. The molecule has 4 fully saturated rings. The number of nitriles is 1. The van der Waals surface area contributed by atoms with Gasteiger partial charge in [-0.3, -0.25) is 4.79 Å². The lowest BCUT2D eigenvalue weighted by molar-refractivity contribution is -0.182. The Morgan fingerprint density at radius 3 is 2.62 bits per heavy atom. The summed E-state index contributed by atoms with van der Waals surface area (Å²) in [5, 5.41) is 20.9. The fourth-order valence-electron chi connectivity index (χ4n) is 7.90. The van der Waals surface area contributed by atoms with Crippen molar-refractivity contribution in [2.24, 2.45) is 40.4 Å². The molecule has 0 amide bonds. The van der Waals surface area contributed by atoms with Crippen LogP contribution in [0.1, 0.15) is 72.1 Å². The summed E-state index contributed by atoms with van der Waals surface area (Å²) >= 11 is 0. The largest absolute Gasteiger partial charge is 0.463 e. The number of hydrogen-bond donors (Lipinski definition) is 1. The maximum absolute atomic E-state index is 11.4. The Labute approximate surface area is 157 Å². The van der Waals surface area contributed by atoms with Crippen LogP contribution in [0.5, 0.6) is 0 Å². The van der Waals surface area contributed by atoms with E-state index in [1.165, 1.54) is 13.3 Å². The lowest BCUT2D eigenvalue weighted by Crippen LogP contribution is -2.59. The topological polar surface area (TPSA) is 70.3 Å². The maximum Gasteiger partial charge on any atom is 0.302 e. The fraction of sp³-hybridized carbons (Fsp3) is 0.909. The number of nitrogens with zero attached hydrogens (tertiary/aromatic N) is 1. The van der Waals surface area contributed by atoms with Gasteiger partial charge in [-0.1, -0.05) is 13.8 Å². The lowest BCUT2D eigenvalue weighted by Gasteiger charge is -2.62. The first-order valence-corrected chi connectivity index (χ1v) is 10.5. The van der Waals surface area contributed by atoms with Gasteiger partial charge in [0.1, 0.15) is 6.10 Å². The van der Waals surface area contributed by atoms with Gasteiger partial charge in [-0.15, -0.1) is 0 Å². The Balaban J connectivity index is 1.59. The number of fused-ring (bicyclic) bond motifs is 5. The minimum atomic E-state index is -0.298. The maximum atomic E-state index is 11.4. The van der Waals surface area contributed by atoms with Crippen LogP contribution in [-0.4, -0.2) is 23.3 Å². The molecule has 4 aliphatic carbocycles. The van der Waals surface area contributed by atoms with Crippen LogP contribution in [0.4, 0.5) is 0 Å². The molecular weight excluding hydrogens is 326 g/mol. The zero-order chi connectivity index (χ0) is 18.7. The summed E-state index contributed by atoms with van der Waals surface area (Å²) in [4.78, 5) is 11.4. The molecule has 0 aromatic carbocycles. The van der Waals surface area contributed by atoms with E-state index in [0.717, 1.165) is 44.9 Å². The molecule has 4 saturated carbocycles. The second-order valence-corrected chi connectivity index (χ2v) is 10.1. The summed E-state index contributed by atoms with van der Waals surface area (Å²) < 4.78 is 5.52. The van der Waals surface area contributed by atoms with Gasteiger partial charge in [0.05, 0.1) is 18.1 Å². The first-order chi connectivity index (χ1) is 12.3. The zero-order valence-corrected chi connectivity index (χ0v) is 16.4. The van der Waals surface area contributed by atoms with Crippen molar-refractivity contribution < 1.29 is 14.6 Å². The van der Waals surface area contributed by atoms with E-state index < -0.39 is 0 Å². The van der Waals surface area contributed by atoms with E-state index in [2.05, 4.69) is 19.9 Å². The molecule has 4 aliphatic rings. The molecule has 9 atom stereocenters. The van der Waals surface area contributed by atoms with Crippen molar-refractivity contribution in [1.29, 1.82) is 5.26 Å². The van der Waals surface area contributed by atoms with Crippen LogP contribution in [0.3, 0.4) is 0 Å². The highest BCUT2D eigenvalue weighted by atomic mass is 16.5. The van der Waals surface area contributed by atoms with E-state index >= 15 is 0 Å². The first-order valence-electron chi connectivity index (χ1n) is 10.5. The zero-order valence-electron chi connectivity index (χ0n) is 16.4. The molecule has 0 heterocycles. The number of carbonyl (C=O) groups is 1. The van der Waals surface area contributed by atoms with Gasteiger partial charge in [-0.25, -0.2) is 0 Å². The van der Waals surface area contributed by atoms with E-state index in [0.29, 0.717) is 23.7 Å². The monoisotopic (exact) mass is 359 g/mol. The molecule has 0 saturated heterocycles. The number of esters is 1. The molecule has 4 nitrogen and oxygen atoms in total. The van der Waals surface area contributed by atoms with Gasteiger partial charge in [0.15, 0.2) is 0 Å². The molecule has 0 aliphatic heterocycles. The third kappa shape index (κ3) is 2.53. The molecule has 0 unspecified atom stereocenters. The number of rotatable bonds is 1. The second kappa shape index (κ2) is 6.23. The highest BCUT2D eigenvalue weighted by Crippen LogP contribution is 2.67. The van der Waals surface area contributed by atoms with Gasteiger partial charge < -0.3 is 9.84 Å². The van der Waals surface area contributed by atoms with Crippen LogP contribution in [-0.2, 0) is 9.53 Å². The van der Waals surface area contributed by atoms with Gasteiger partial charge >= 0.3 is 5.97 Å².